The quantitative estimate of drug-likeness (QED) is 0.613. The molecule has 0 bridgehead atoms. The first-order chi connectivity index (χ1) is 13.9. The Morgan fingerprint density at radius 2 is 1.90 bits per heavy atom. The zero-order chi connectivity index (χ0) is 21.4. The highest BCUT2D eigenvalue weighted by atomic mass is 16.5. The van der Waals surface area contributed by atoms with E-state index in [4.69, 9.17) is 9.47 Å². The number of carbonyl (C=O) groups is 1. The van der Waals surface area contributed by atoms with E-state index in [1.165, 1.54) is 0 Å². The molecule has 5 heteroatoms. The normalized spacial score (nSPS) is 11.0. The number of nitrogens with one attached hydrogen (secondary N) is 1. The van der Waals surface area contributed by atoms with Crippen LogP contribution in [0.25, 0.3) is 0 Å². The molecular weight excluding hydrogens is 364 g/mol. The second-order valence-electron chi connectivity index (χ2n) is 7.46. The highest BCUT2D eigenvalue weighted by Crippen LogP contribution is 2.29. The molecule has 0 aliphatic heterocycles. The molecule has 0 aromatic heterocycles. The van der Waals surface area contributed by atoms with Crippen LogP contribution in [-0.4, -0.2) is 37.6 Å². The molecule has 2 rings (SSSR count). The third kappa shape index (κ3) is 6.23. The average molecular weight is 399 g/mol. The molecule has 0 spiro atoms. The monoisotopic (exact) mass is 398 g/mol. The van der Waals surface area contributed by atoms with Gasteiger partial charge in [0.1, 0.15) is 0 Å². The number of benzene rings is 2. The van der Waals surface area contributed by atoms with E-state index >= 15 is 0 Å². The van der Waals surface area contributed by atoms with Crippen LogP contribution in [0.15, 0.2) is 36.4 Å². The van der Waals surface area contributed by atoms with E-state index in [1.54, 1.807) is 7.11 Å². The minimum Gasteiger partial charge on any atom is -0.493 e. The molecule has 0 aliphatic rings. The van der Waals surface area contributed by atoms with Crippen LogP contribution in [0.4, 0.5) is 5.69 Å². The number of nitrogens with zero attached hydrogens (tertiary/aromatic N) is 1. The van der Waals surface area contributed by atoms with Gasteiger partial charge in [0, 0.05) is 12.2 Å². The maximum absolute atomic E-state index is 12.8. The fourth-order valence-electron chi connectivity index (χ4n) is 3.35. The molecule has 158 valence electrons. The van der Waals surface area contributed by atoms with Crippen LogP contribution in [0.2, 0.25) is 0 Å². The largest absolute Gasteiger partial charge is 0.493 e. The highest BCUT2D eigenvalue weighted by molar-refractivity contribution is 5.93. The molecular formula is C24H34N2O3. The highest BCUT2D eigenvalue weighted by Gasteiger charge is 2.15. The summed E-state index contributed by atoms with van der Waals surface area (Å²) in [5.74, 6) is 1.80. The summed E-state index contributed by atoms with van der Waals surface area (Å²) in [5, 5.41) is 3.13. The molecule has 5 nitrogen and oxygen atoms in total. The maximum Gasteiger partial charge on any atom is 0.238 e. The summed E-state index contributed by atoms with van der Waals surface area (Å²) in [6, 6.07) is 12.1. The molecule has 1 N–H and O–H groups in total. The molecule has 0 unspecified atom stereocenters. The van der Waals surface area contributed by atoms with E-state index < -0.39 is 0 Å². The number of hydrogen-bond donors (Lipinski definition) is 1. The number of para-hydroxylation sites is 1. The summed E-state index contributed by atoms with van der Waals surface area (Å²) >= 11 is 0. The Bertz CT molecular complexity index is 818. The molecule has 0 radical (unpaired) electrons. The van der Waals surface area contributed by atoms with Crippen LogP contribution in [0.5, 0.6) is 11.5 Å². The lowest BCUT2D eigenvalue weighted by Gasteiger charge is -2.22. The van der Waals surface area contributed by atoms with Crippen molar-refractivity contribution in [3.63, 3.8) is 0 Å². The van der Waals surface area contributed by atoms with Crippen LogP contribution in [0.1, 0.15) is 50.3 Å². The smallest absolute Gasteiger partial charge is 0.238 e. The molecule has 0 saturated carbocycles. The summed E-state index contributed by atoms with van der Waals surface area (Å²) in [4.78, 5) is 14.9. The van der Waals surface area contributed by atoms with Gasteiger partial charge < -0.3 is 14.8 Å². The Morgan fingerprint density at radius 3 is 2.52 bits per heavy atom. The van der Waals surface area contributed by atoms with Crippen LogP contribution >= 0.6 is 0 Å². The van der Waals surface area contributed by atoms with Crippen LogP contribution < -0.4 is 14.8 Å². The maximum atomic E-state index is 12.8. The Kier molecular flexibility index (Phi) is 8.52. The Balaban J connectivity index is 2.08. The van der Waals surface area contributed by atoms with Gasteiger partial charge in [0.2, 0.25) is 5.91 Å². The number of rotatable bonds is 10. The lowest BCUT2D eigenvalue weighted by molar-refractivity contribution is -0.117. The molecule has 0 aliphatic carbocycles. The summed E-state index contributed by atoms with van der Waals surface area (Å²) in [6.45, 7) is 12.7. The second kappa shape index (κ2) is 10.9. The average Bonchev–Trinajstić information content (AvgIpc) is 2.70. The van der Waals surface area contributed by atoms with Gasteiger partial charge in [0.25, 0.3) is 0 Å². The molecule has 0 heterocycles. The van der Waals surface area contributed by atoms with Gasteiger partial charge in [-0.1, -0.05) is 45.0 Å². The molecule has 0 atom stereocenters. The Labute approximate surface area is 175 Å². The van der Waals surface area contributed by atoms with Crippen molar-refractivity contribution in [2.45, 2.75) is 47.1 Å². The first kappa shape index (κ1) is 22.8. The SMILES string of the molecule is CCOc1ccc(CN(CC)CC(=O)Nc2c(C)cccc2C(C)C)cc1OC. The standard InChI is InChI=1S/C24H34N2O3/c1-7-26(15-19-12-13-21(29-8-2)22(14-19)28-6)16-23(27)25-24-18(5)10-9-11-20(24)17(3)4/h9-14,17H,7-8,15-16H2,1-6H3,(H,25,27). The van der Waals surface area contributed by atoms with Crippen molar-refractivity contribution in [1.82, 2.24) is 4.90 Å². The molecule has 2 aromatic carbocycles. The van der Waals surface area contributed by atoms with Gasteiger partial charge in [0.05, 0.1) is 20.3 Å². The topological polar surface area (TPSA) is 50.8 Å². The van der Waals surface area contributed by atoms with Gasteiger partial charge >= 0.3 is 0 Å². The number of anilines is 1. The molecule has 2 aromatic rings. The van der Waals surface area contributed by atoms with E-state index in [9.17, 15) is 4.79 Å². The molecule has 1 amide bonds. The number of ether oxygens (including phenoxy) is 2. The van der Waals surface area contributed by atoms with Crippen molar-refractivity contribution in [2.75, 3.05) is 32.1 Å². The minimum absolute atomic E-state index is 0.000881. The number of hydrogen-bond acceptors (Lipinski definition) is 4. The lowest BCUT2D eigenvalue weighted by Crippen LogP contribution is -2.33. The fraction of sp³-hybridized carbons (Fsp3) is 0.458. The predicted molar refractivity (Wildman–Crippen MR) is 119 cm³/mol. The van der Waals surface area contributed by atoms with Crippen LogP contribution in [-0.2, 0) is 11.3 Å². The van der Waals surface area contributed by atoms with Crippen molar-refractivity contribution in [1.29, 1.82) is 0 Å². The van der Waals surface area contributed by atoms with Gasteiger partial charge in [-0.2, -0.15) is 0 Å². The Hall–Kier alpha value is -2.53. The zero-order valence-corrected chi connectivity index (χ0v) is 18.5. The molecule has 0 fully saturated rings. The summed E-state index contributed by atoms with van der Waals surface area (Å²) < 4.78 is 11.0. The van der Waals surface area contributed by atoms with Gasteiger partial charge in [-0.3, -0.25) is 9.69 Å². The summed E-state index contributed by atoms with van der Waals surface area (Å²) in [7, 11) is 1.64. The first-order valence-electron chi connectivity index (χ1n) is 10.3. The zero-order valence-electron chi connectivity index (χ0n) is 18.5. The number of methoxy groups -OCH3 is 1. The summed E-state index contributed by atoms with van der Waals surface area (Å²) in [6.07, 6.45) is 0. The number of likely N-dealkylation sites (N-methyl/N-ethyl adjacent to an activating group) is 1. The van der Waals surface area contributed by atoms with Crippen molar-refractivity contribution >= 4 is 11.6 Å². The van der Waals surface area contributed by atoms with Crippen molar-refractivity contribution < 1.29 is 14.3 Å². The van der Waals surface area contributed by atoms with E-state index in [-0.39, 0.29) is 5.91 Å². The number of carbonyl (C=O) groups excluding carboxylic acids is 1. The summed E-state index contributed by atoms with van der Waals surface area (Å²) in [5.41, 5.74) is 4.27. The van der Waals surface area contributed by atoms with Gasteiger partial charge in [-0.25, -0.2) is 0 Å². The molecule has 0 saturated heterocycles. The van der Waals surface area contributed by atoms with E-state index in [0.717, 1.165) is 34.7 Å². The van der Waals surface area contributed by atoms with Gasteiger partial charge in [0.15, 0.2) is 11.5 Å². The lowest BCUT2D eigenvalue weighted by atomic mass is 9.98. The van der Waals surface area contributed by atoms with Crippen molar-refractivity contribution in [2.24, 2.45) is 0 Å². The first-order valence-corrected chi connectivity index (χ1v) is 10.3. The molecule has 29 heavy (non-hydrogen) atoms. The van der Waals surface area contributed by atoms with Gasteiger partial charge in [-0.15, -0.1) is 0 Å². The van der Waals surface area contributed by atoms with Crippen molar-refractivity contribution in [3.05, 3.63) is 53.1 Å². The van der Waals surface area contributed by atoms with Crippen LogP contribution in [0, 0.1) is 6.92 Å². The fourth-order valence-corrected chi connectivity index (χ4v) is 3.35. The number of amides is 1. The Morgan fingerprint density at radius 1 is 1.14 bits per heavy atom. The predicted octanol–water partition coefficient (Wildman–Crippen LogP) is 4.99. The van der Waals surface area contributed by atoms with E-state index in [2.05, 4.69) is 37.1 Å². The minimum atomic E-state index is 0.000881. The van der Waals surface area contributed by atoms with Crippen LogP contribution in [0.3, 0.4) is 0 Å². The van der Waals surface area contributed by atoms with E-state index in [0.29, 0.717) is 31.4 Å². The van der Waals surface area contributed by atoms with E-state index in [1.807, 2.05) is 44.2 Å². The third-order valence-corrected chi connectivity index (χ3v) is 4.94. The van der Waals surface area contributed by atoms with Crippen molar-refractivity contribution in [3.8, 4) is 11.5 Å². The van der Waals surface area contributed by atoms with Gasteiger partial charge in [-0.05, 0) is 55.1 Å². The second-order valence-corrected chi connectivity index (χ2v) is 7.46. The number of aryl methyl sites for hydroxylation is 1. The third-order valence-electron chi connectivity index (χ3n) is 4.94.